The lowest BCUT2D eigenvalue weighted by Gasteiger charge is -2.19. The van der Waals surface area contributed by atoms with Crippen LogP contribution in [0.3, 0.4) is 0 Å². The zero-order chi connectivity index (χ0) is 26.6. The summed E-state index contributed by atoms with van der Waals surface area (Å²) in [6.45, 7) is 4.00. The molecule has 2 aromatic carbocycles. The third-order valence-electron chi connectivity index (χ3n) is 5.33. The molecule has 1 heterocycles. The molecule has 8 nitrogen and oxygen atoms in total. The number of hydrogen-bond acceptors (Lipinski definition) is 6. The zero-order valence-corrected chi connectivity index (χ0v) is 20.6. The van der Waals surface area contributed by atoms with Gasteiger partial charge >= 0.3 is 5.97 Å². The number of benzene rings is 2. The van der Waals surface area contributed by atoms with Gasteiger partial charge in [0.2, 0.25) is 6.41 Å². The second-order valence-electron chi connectivity index (χ2n) is 7.54. The highest BCUT2D eigenvalue weighted by molar-refractivity contribution is 5.96. The number of pyridine rings is 1. The van der Waals surface area contributed by atoms with E-state index >= 15 is 0 Å². The molecular weight excluding hydrogens is 468 g/mol. The number of nitrogens with zero attached hydrogens (tertiary/aromatic N) is 3. The Balaban J connectivity index is 0.00000186. The van der Waals surface area contributed by atoms with Crippen LogP contribution < -0.4 is 10.3 Å². The van der Waals surface area contributed by atoms with Crippen LogP contribution in [-0.4, -0.2) is 33.8 Å². The topological polar surface area (TPSA) is 115 Å². The van der Waals surface area contributed by atoms with E-state index in [1.165, 1.54) is 17.0 Å². The number of hydrogen-bond donors (Lipinski definition) is 3. The van der Waals surface area contributed by atoms with Crippen LogP contribution in [0.25, 0.3) is 5.57 Å². The number of carboxylic acids is 1. The van der Waals surface area contributed by atoms with Crippen LogP contribution in [0, 0.1) is 0 Å². The van der Waals surface area contributed by atoms with E-state index in [9.17, 15) is 19.8 Å². The number of aliphatic hydroxyl groups is 1. The Morgan fingerprint density at radius 2 is 1.92 bits per heavy atom. The van der Waals surface area contributed by atoms with E-state index in [1.54, 1.807) is 61.1 Å². The second-order valence-corrected chi connectivity index (χ2v) is 7.54. The van der Waals surface area contributed by atoms with Gasteiger partial charge in [0.25, 0.3) is 0 Å². The molecule has 0 spiro atoms. The van der Waals surface area contributed by atoms with Crippen molar-refractivity contribution in [3.8, 4) is 0 Å². The highest BCUT2D eigenvalue weighted by Gasteiger charge is 2.16. The van der Waals surface area contributed by atoms with Crippen LogP contribution in [0.1, 0.15) is 41.8 Å². The molecule has 3 N–H and O–H groups in total. The van der Waals surface area contributed by atoms with Gasteiger partial charge in [-0.25, -0.2) is 4.79 Å². The van der Waals surface area contributed by atoms with Gasteiger partial charge in [0.05, 0.1) is 35.0 Å². The first-order chi connectivity index (χ1) is 18.1. The fraction of sp³-hybridized carbons (Fsp3) is 0.103. The molecule has 188 valence electrons. The lowest BCUT2D eigenvalue weighted by Crippen LogP contribution is -2.16. The molecule has 8 heteroatoms. The third-order valence-corrected chi connectivity index (χ3v) is 5.33. The van der Waals surface area contributed by atoms with Crippen molar-refractivity contribution in [1.82, 2.24) is 10.4 Å². The van der Waals surface area contributed by atoms with Gasteiger partial charge in [-0.1, -0.05) is 56.3 Å². The first-order valence-corrected chi connectivity index (χ1v) is 11.7. The van der Waals surface area contributed by atoms with Crippen LogP contribution in [0.4, 0.5) is 11.4 Å². The molecule has 0 atom stereocenters. The van der Waals surface area contributed by atoms with Crippen molar-refractivity contribution in [3.63, 3.8) is 0 Å². The lowest BCUT2D eigenvalue weighted by atomic mass is 9.99. The van der Waals surface area contributed by atoms with E-state index < -0.39 is 5.97 Å². The molecule has 0 fully saturated rings. The van der Waals surface area contributed by atoms with Gasteiger partial charge in [0, 0.05) is 17.3 Å². The van der Waals surface area contributed by atoms with Crippen LogP contribution in [0.5, 0.6) is 0 Å². The summed E-state index contributed by atoms with van der Waals surface area (Å²) in [4.78, 5) is 28.7. The standard InChI is InChI=1S/C27H22N4O4.C2H6/c32-18-31(22-10-6-14-28-17-22)25-13-4-1-7-21(25)16-29-30-24-12-3-2-11-23(26(24)33)19-8-5-9-20(15-19)27(34)35;1-2/h1-10,12-18,30,33H,11H2,(H,34,35);1-2H3/b29-16+;. The third kappa shape index (κ3) is 6.58. The van der Waals surface area contributed by atoms with Crippen molar-refractivity contribution < 1.29 is 19.8 Å². The molecule has 1 aromatic heterocycles. The highest BCUT2D eigenvalue weighted by Crippen LogP contribution is 2.28. The van der Waals surface area contributed by atoms with E-state index in [4.69, 9.17) is 0 Å². The number of carboxylic acid groups (broad SMARTS) is 1. The van der Waals surface area contributed by atoms with Gasteiger partial charge < -0.3 is 10.2 Å². The summed E-state index contributed by atoms with van der Waals surface area (Å²) in [5, 5.41) is 24.5. The highest BCUT2D eigenvalue weighted by atomic mass is 16.4. The number of para-hydroxylation sites is 1. The Bertz CT molecular complexity index is 1360. The average Bonchev–Trinajstić information content (AvgIpc) is 3.13. The van der Waals surface area contributed by atoms with E-state index in [1.807, 2.05) is 38.1 Å². The quantitative estimate of drug-likeness (QED) is 0.205. The summed E-state index contributed by atoms with van der Waals surface area (Å²) in [5.74, 6) is -1.07. The molecule has 0 unspecified atom stereocenters. The number of aromatic nitrogens is 1. The number of amides is 1. The molecule has 3 aromatic rings. The largest absolute Gasteiger partial charge is 0.505 e. The average molecular weight is 497 g/mol. The summed E-state index contributed by atoms with van der Waals surface area (Å²) >= 11 is 0. The number of carbonyl (C=O) groups is 2. The SMILES string of the molecule is CC.O=CN(c1cccnc1)c1ccccc1/C=N/NC1=CC=CCC(c2cccc(C(=O)O)c2)=C1O. The van der Waals surface area contributed by atoms with E-state index in [-0.39, 0.29) is 11.3 Å². The molecule has 0 aliphatic heterocycles. The number of carbonyl (C=O) groups excluding carboxylic acids is 1. The first-order valence-electron chi connectivity index (χ1n) is 11.7. The predicted octanol–water partition coefficient (Wildman–Crippen LogP) is 5.84. The van der Waals surface area contributed by atoms with Gasteiger partial charge in [0.1, 0.15) is 5.76 Å². The van der Waals surface area contributed by atoms with Crippen LogP contribution in [0.15, 0.2) is 108 Å². The Kier molecular flexibility index (Phi) is 9.50. The van der Waals surface area contributed by atoms with E-state index in [2.05, 4.69) is 15.5 Å². The fourth-order valence-corrected chi connectivity index (χ4v) is 3.61. The Labute approximate surface area is 215 Å². The molecule has 4 rings (SSSR count). The second kappa shape index (κ2) is 13.2. The minimum absolute atomic E-state index is 0.0344. The number of aromatic carboxylic acids is 1. The molecule has 0 saturated carbocycles. The van der Waals surface area contributed by atoms with Crippen molar-refractivity contribution in [2.45, 2.75) is 20.3 Å². The molecule has 0 radical (unpaired) electrons. The van der Waals surface area contributed by atoms with Crippen molar-refractivity contribution in [2.75, 3.05) is 4.90 Å². The van der Waals surface area contributed by atoms with Crippen LogP contribution in [-0.2, 0) is 4.79 Å². The zero-order valence-electron chi connectivity index (χ0n) is 20.6. The monoisotopic (exact) mass is 496 g/mol. The smallest absolute Gasteiger partial charge is 0.335 e. The van der Waals surface area contributed by atoms with Gasteiger partial charge in [-0.3, -0.25) is 20.1 Å². The maximum atomic E-state index is 11.8. The summed E-state index contributed by atoms with van der Waals surface area (Å²) in [7, 11) is 0. The first kappa shape index (κ1) is 26.6. The lowest BCUT2D eigenvalue weighted by molar-refractivity contribution is -0.106. The van der Waals surface area contributed by atoms with Gasteiger partial charge in [-0.05, 0) is 48.4 Å². The molecule has 0 saturated heterocycles. The molecule has 37 heavy (non-hydrogen) atoms. The fourth-order valence-electron chi connectivity index (χ4n) is 3.61. The number of anilines is 2. The van der Waals surface area contributed by atoms with Crippen LogP contribution >= 0.6 is 0 Å². The number of rotatable bonds is 8. The molecule has 1 aliphatic rings. The van der Waals surface area contributed by atoms with E-state index in [0.29, 0.717) is 46.6 Å². The maximum Gasteiger partial charge on any atom is 0.335 e. The summed E-state index contributed by atoms with van der Waals surface area (Å²) in [6.07, 6.45) is 11.2. The molecular formula is C29H28N4O4. The Hall–Kier alpha value is -4.98. The maximum absolute atomic E-state index is 11.8. The predicted molar refractivity (Wildman–Crippen MR) is 146 cm³/mol. The summed E-state index contributed by atoms with van der Waals surface area (Å²) in [6, 6.07) is 17.2. The Morgan fingerprint density at radius 3 is 2.65 bits per heavy atom. The Morgan fingerprint density at radius 1 is 1.11 bits per heavy atom. The number of aliphatic hydroxyl groups excluding tert-OH is 1. The van der Waals surface area contributed by atoms with Crippen molar-refractivity contribution in [3.05, 3.63) is 119 Å². The van der Waals surface area contributed by atoms with E-state index in [0.717, 1.165) is 0 Å². The molecule has 1 aliphatic carbocycles. The van der Waals surface area contributed by atoms with Crippen molar-refractivity contribution in [1.29, 1.82) is 0 Å². The number of nitrogens with one attached hydrogen (secondary N) is 1. The molecule has 0 bridgehead atoms. The van der Waals surface area contributed by atoms with Crippen molar-refractivity contribution in [2.24, 2.45) is 5.10 Å². The number of allylic oxidation sites excluding steroid dienone is 4. The minimum Gasteiger partial charge on any atom is -0.505 e. The summed E-state index contributed by atoms with van der Waals surface area (Å²) < 4.78 is 0. The van der Waals surface area contributed by atoms with Gasteiger partial charge in [0.15, 0.2) is 0 Å². The summed E-state index contributed by atoms with van der Waals surface area (Å²) in [5.41, 5.74) is 6.41. The molecule has 1 amide bonds. The van der Waals surface area contributed by atoms with Gasteiger partial charge in [-0.15, -0.1) is 0 Å². The van der Waals surface area contributed by atoms with Gasteiger partial charge in [-0.2, -0.15) is 5.10 Å². The number of hydrazone groups is 1. The normalized spacial score (nSPS) is 12.8. The van der Waals surface area contributed by atoms with Crippen LogP contribution in [0.2, 0.25) is 0 Å². The minimum atomic E-state index is -1.04. The van der Waals surface area contributed by atoms with Crippen molar-refractivity contribution >= 4 is 35.5 Å².